The summed E-state index contributed by atoms with van der Waals surface area (Å²) in [5.41, 5.74) is 0.736. The number of nitrogens with one attached hydrogen (secondary N) is 1. The van der Waals surface area contributed by atoms with Crippen molar-refractivity contribution < 1.29 is 23.8 Å². The number of hydrogen-bond donors (Lipinski definition) is 1. The Morgan fingerprint density at radius 1 is 1.15 bits per heavy atom. The van der Waals surface area contributed by atoms with Crippen LogP contribution in [0.3, 0.4) is 0 Å². The van der Waals surface area contributed by atoms with E-state index in [0.717, 1.165) is 18.4 Å². The molecule has 0 aliphatic heterocycles. The summed E-state index contributed by atoms with van der Waals surface area (Å²) < 4.78 is 15.8. The van der Waals surface area contributed by atoms with Gasteiger partial charge in [-0.25, -0.2) is 0 Å². The maximum Gasteiger partial charge on any atom is 0.311 e. The molecule has 1 aromatic rings. The molecule has 6 heteroatoms. The number of ether oxygens (including phenoxy) is 3. The fourth-order valence-corrected chi connectivity index (χ4v) is 3.54. The molecule has 1 aliphatic carbocycles. The minimum absolute atomic E-state index is 0.0643. The van der Waals surface area contributed by atoms with E-state index >= 15 is 0 Å². The maximum atomic E-state index is 12.4. The third kappa shape index (κ3) is 5.62. The Hall–Kier alpha value is -2.24. The van der Waals surface area contributed by atoms with Crippen molar-refractivity contribution in [1.82, 2.24) is 5.32 Å². The topological polar surface area (TPSA) is 73.9 Å². The molecule has 1 aliphatic rings. The highest BCUT2D eigenvalue weighted by Crippen LogP contribution is 2.30. The predicted octanol–water partition coefficient (Wildman–Crippen LogP) is 3.12. The molecular weight excluding hydrogens is 346 g/mol. The SMILES string of the molecule is COc1ccc(CC(=O)O[C@H](C)C(=O)N[C@@H]2CCC[C@@H](C)[C@@H]2C)cc1OC. The fourth-order valence-electron chi connectivity index (χ4n) is 3.54. The van der Waals surface area contributed by atoms with E-state index < -0.39 is 12.1 Å². The van der Waals surface area contributed by atoms with Gasteiger partial charge in [0.25, 0.3) is 5.91 Å². The van der Waals surface area contributed by atoms with Gasteiger partial charge in [-0.05, 0) is 42.9 Å². The normalized spacial score (nSPS) is 23.2. The zero-order valence-corrected chi connectivity index (χ0v) is 16.9. The summed E-state index contributed by atoms with van der Waals surface area (Å²) in [7, 11) is 3.10. The average Bonchev–Trinajstić information content (AvgIpc) is 2.65. The fraction of sp³-hybridized carbons (Fsp3) is 0.619. The largest absolute Gasteiger partial charge is 0.493 e. The van der Waals surface area contributed by atoms with Crippen LogP contribution < -0.4 is 14.8 Å². The second-order valence-electron chi connectivity index (χ2n) is 7.38. The number of benzene rings is 1. The minimum atomic E-state index is -0.818. The van der Waals surface area contributed by atoms with Crippen LogP contribution in [0.2, 0.25) is 0 Å². The predicted molar refractivity (Wildman–Crippen MR) is 103 cm³/mol. The van der Waals surface area contributed by atoms with Crippen molar-refractivity contribution in [3.63, 3.8) is 0 Å². The monoisotopic (exact) mass is 377 g/mol. The Morgan fingerprint density at radius 2 is 1.85 bits per heavy atom. The molecular formula is C21H31NO5. The summed E-state index contributed by atoms with van der Waals surface area (Å²) in [6.07, 6.45) is 2.54. The molecule has 0 radical (unpaired) electrons. The van der Waals surface area contributed by atoms with Crippen LogP contribution in [0.5, 0.6) is 11.5 Å². The molecule has 1 fully saturated rings. The van der Waals surface area contributed by atoms with E-state index in [-0.39, 0.29) is 18.4 Å². The highest BCUT2D eigenvalue weighted by atomic mass is 16.5. The van der Waals surface area contributed by atoms with Gasteiger partial charge in [0, 0.05) is 6.04 Å². The number of carbonyl (C=O) groups excluding carboxylic acids is 2. The average molecular weight is 377 g/mol. The Balaban J connectivity index is 1.88. The van der Waals surface area contributed by atoms with Crippen molar-refractivity contribution >= 4 is 11.9 Å². The Kier molecular flexibility index (Phi) is 7.51. The Bertz CT molecular complexity index is 660. The molecule has 1 amide bonds. The Morgan fingerprint density at radius 3 is 2.52 bits per heavy atom. The Labute approximate surface area is 161 Å². The molecule has 1 aromatic carbocycles. The number of amides is 1. The van der Waals surface area contributed by atoms with Crippen LogP contribution >= 0.6 is 0 Å². The zero-order chi connectivity index (χ0) is 20.0. The first-order valence-electron chi connectivity index (χ1n) is 9.56. The zero-order valence-electron chi connectivity index (χ0n) is 16.9. The first kappa shape index (κ1) is 21.1. The molecule has 1 N–H and O–H groups in total. The second-order valence-corrected chi connectivity index (χ2v) is 7.38. The molecule has 0 unspecified atom stereocenters. The maximum absolute atomic E-state index is 12.4. The molecule has 0 spiro atoms. The van der Waals surface area contributed by atoms with E-state index in [9.17, 15) is 9.59 Å². The molecule has 2 rings (SSSR count). The van der Waals surface area contributed by atoms with Crippen molar-refractivity contribution in [1.29, 1.82) is 0 Å². The minimum Gasteiger partial charge on any atom is -0.493 e. The van der Waals surface area contributed by atoms with Crippen molar-refractivity contribution in [2.24, 2.45) is 11.8 Å². The molecule has 27 heavy (non-hydrogen) atoms. The highest BCUT2D eigenvalue weighted by molar-refractivity contribution is 5.84. The number of hydrogen-bond acceptors (Lipinski definition) is 5. The van der Waals surface area contributed by atoms with Gasteiger partial charge in [0.15, 0.2) is 17.6 Å². The molecule has 0 heterocycles. The third-order valence-corrected chi connectivity index (χ3v) is 5.51. The van der Waals surface area contributed by atoms with Crippen LogP contribution in [0.1, 0.15) is 45.6 Å². The summed E-state index contributed by atoms with van der Waals surface area (Å²) in [6, 6.07) is 5.39. The van der Waals surface area contributed by atoms with Crippen LogP contribution in [0.15, 0.2) is 18.2 Å². The number of methoxy groups -OCH3 is 2. The van der Waals surface area contributed by atoms with Gasteiger partial charge >= 0.3 is 5.97 Å². The van der Waals surface area contributed by atoms with Crippen molar-refractivity contribution in [3.05, 3.63) is 23.8 Å². The lowest BCUT2D eigenvalue weighted by Crippen LogP contribution is -2.47. The van der Waals surface area contributed by atoms with Gasteiger partial charge < -0.3 is 19.5 Å². The third-order valence-electron chi connectivity index (χ3n) is 5.51. The molecule has 150 valence electrons. The van der Waals surface area contributed by atoms with E-state index in [4.69, 9.17) is 14.2 Å². The summed E-state index contributed by atoms with van der Waals surface area (Å²) in [4.78, 5) is 24.6. The standard InChI is InChI=1S/C21H31NO5/c1-13-7-6-8-17(14(13)2)22-21(24)15(3)27-20(23)12-16-9-10-18(25-4)19(11-16)26-5/h9-11,13-15,17H,6-8,12H2,1-5H3,(H,22,24)/t13-,14+,15-,17-/m1/s1. The lowest BCUT2D eigenvalue weighted by Gasteiger charge is -2.35. The molecule has 4 atom stereocenters. The van der Waals surface area contributed by atoms with Crippen molar-refractivity contribution in [3.8, 4) is 11.5 Å². The van der Waals surface area contributed by atoms with Crippen molar-refractivity contribution in [2.75, 3.05) is 14.2 Å². The lowest BCUT2D eigenvalue weighted by atomic mass is 9.78. The molecule has 0 aromatic heterocycles. The summed E-state index contributed by atoms with van der Waals surface area (Å²) in [5.74, 6) is 1.48. The molecule has 0 bridgehead atoms. The van der Waals surface area contributed by atoms with Crippen LogP contribution in [-0.2, 0) is 20.7 Å². The van der Waals surface area contributed by atoms with Gasteiger partial charge in [-0.2, -0.15) is 0 Å². The van der Waals surface area contributed by atoms with Gasteiger partial charge in [0.05, 0.1) is 20.6 Å². The van der Waals surface area contributed by atoms with Gasteiger partial charge in [0.1, 0.15) is 0 Å². The van der Waals surface area contributed by atoms with E-state index in [0.29, 0.717) is 23.3 Å². The van der Waals surface area contributed by atoms with E-state index in [1.54, 1.807) is 39.3 Å². The lowest BCUT2D eigenvalue weighted by molar-refractivity contribution is -0.154. The number of esters is 1. The van der Waals surface area contributed by atoms with E-state index in [1.165, 1.54) is 6.42 Å². The van der Waals surface area contributed by atoms with Gasteiger partial charge in [-0.3, -0.25) is 9.59 Å². The summed E-state index contributed by atoms with van der Waals surface area (Å²) >= 11 is 0. The van der Waals surface area contributed by atoms with Crippen LogP contribution in [0.4, 0.5) is 0 Å². The quantitative estimate of drug-likeness (QED) is 0.739. The van der Waals surface area contributed by atoms with Crippen LogP contribution in [-0.4, -0.2) is 38.2 Å². The van der Waals surface area contributed by atoms with E-state index in [2.05, 4.69) is 19.2 Å². The van der Waals surface area contributed by atoms with Crippen LogP contribution in [0, 0.1) is 11.8 Å². The number of carbonyl (C=O) groups is 2. The molecule has 0 saturated heterocycles. The van der Waals surface area contributed by atoms with Crippen molar-refractivity contribution in [2.45, 2.75) is 58.6 Å². The first-order valence-corrected chi connectivity index (χ1v) is 9.56. The van der Waals surface area contributed by atoms with Crippen LogP contribution in [0.25, 0.3) is 0 Å². The highest BCUT2D eigenvalue weighted by Gasteiger charge is 2.30. The number of rotatable bonds is 7. The van der Waals surface area contributed by atoms with Gasteiger partial charge in [-0.15, -0.1) is 0 Å². The molecule has 1 saturated carbocycles. The summed E-state index contributed by atoms with van der Waals surface area (Å²) in [5, 5.41) is 3.05. The summed E-state index contributed by atoms with van der Waals surface area (Å²) in [6.45, 7) is 6.00. The first-order chi connectivity index (χ1) is 12.8. The molecule has 6 nitrogen and oxygen atoms in total. The smallest absolute Gasteiger partial charge is 0.311 e. The van der Waals surface area contributed by atoms with Gasteiger partial charge in [-0.1, -0.05) is 32.8 Å². The van der Waals surface area contributed by atoms with Gasteiger partial charge in [0.2, 0.25) is 0 Å². The second kappa shape index (κ2) is 9.62. The van der Waals surface area contributed by atoms with E-state index in [1.807, 2.05) is 0 Å².